The van der Waals surface area contributed by atoms with Crippen LogP contribution >= 0.6 is 11.3 Å². The normalized spacial score (nSPS) is 13.5. The van der Waals surface area contributed by atoms with E-state index >= 15 is 0 Å². The molecule has 0 saturated carbocycles. The highest BCUT2D eigenvalue weighted by Crippen LogP contribution is 2.26. The molecule has 2 atom stereocenters. The molecule has 3 nitrogen and oxygen atoms in total. The summed E-state index contributed by atoms with van der Waals surface area (Å²) in [5.74, 6) is 0.272. The third kappa shape index (κ3) is 4.81. The molecule has 0 saturated heterocycles. The first kappa shape index (κ1) is 17.9. The van der Waals surface area contributed by atoms with Gasteiger partial charge in [0, 0.05) is 46.3 Å². The van der Waals surface area contributed by atoms with Crippen LogP contribution in [0.5, 0.6) is 0 Å². The van der Waals surface area contributed by atoms with Crippen molar-refractivity contribution in [2.24, 2.45) is 0 Å². The highest BCUT2D eigenvalue weighted by molar-refractivity contribution is 7.84. The Morgan fingerprint density at radius 2 is 1.88 bits per heavy atom. The van der Waals surface area contributed by atoms with Crippen LogP contribution in [-0.4, -0.2) is 21.2 Å². The van der Waals surface area contributed by atoms with Crippen LogP contribution in [0.4, 0.5) is 4.39 Å². The molecule has 2 aromatic carbocycles. The lowest BCUT2D eigenvalue weighted by atomic mass is 10.1. The fourth-order valence-electron chi connectivity index (χ4n) is 2.57. The fourth-order valence-corrected chi connectivity index (χ4v) is 4.19. The van der Waals surface area contributed by atoms with E-state index in [-0.39, 0.29) is 11.9 Å². The van der Waals surface area contributed by atoms with Gasteiger partial charge in [0.15, 0.2) is 0 Å². The first-order valence-corrected chi connectivity index (χ1v) is 10.5. The van der Waals surface area contributed by atoms with Gasteiger partial charge in [0.1, 0.15) is 10.8 Å². The largest absolute Gasteiger partial charge is 0.303 e. The molecule has 0 amide bonds. The van der Waals surface area contributed by atoms with Gasteiger partial charge in [-0.05, 0) is 17.7 Å². The Bertz CT molecular complexity index is 851. The molecule has 6 heteroatoms. The van der Waals surface area contributed by atoms with Gasteiger partial charge in [-0.25, -0.2) is 9.37 Å². The van der Waals surface area contributed by atoms with Gasteiger partial charge >= 0.3 is 0 Å². The van der Waals surface area contributed by atoms with Gasteiger partial charge in [0.2, 0.25) is 0 Å². The highest BCUT2D eigenvalue weighted by Gasteiger charge is 2.14. The van der Waals surface area contributed by atoms with Crippen molar-refractivity contribution in [2.45, 2.75) is 12.6 Å². The summed E-state index contributed by atoms with van der Waals surface area (Å²) in [5.41, 5.74) is 2.47. The summed E-state index contributed by atoms with van der Waals surface area (Å²) in [6, 6.07) is 16.6. The third-order valence-corrected chi connectivity index (χ3v) is 5.52. The first-order valence-electron chi connectivity index (χ1n) is 7.91. The summed E-state index contributed by atoms with van der Waals surface area (Å²) in [4.78, 5) is 4.53. The Morgan fingerprint density at radius 1 is 1.16 bits per heavy atom. The van der Waals surface area contributed by atoms with Crippen LogP contribution in [0.3, 0.4) is 0 Å². The number of hydrogen-bond acceptors (Lipinski definition) is 4. The second kappa shape index (κ2) is 8.47. The molecule has 0 fully saturated rings. The molecular formula is C19H19FN2OS2. The number of aromatic nitrogens is 1. The Morgan fingerprint density at radius 3 is 2.60 bits per heavy atom. The van der Waals surface area contributed by atoms with Crippen LogP contribution in [0.25, 0.3) is 10.6 Å². The average Bonchev–Trinajstić information content (AvgIpc) is 3.08. The summed E-state index contributed by atoms with van der Waals surface area (Å²) >= 11 is 1.43. The highest BCUT2D eigenvalue weighted by atomic mass is 32.2. The minimum atomic E-state index is -0.911. The molecule has 3 aromatic rings. The van der Waals surface area contributed by atoms with Crippen LogP contribution in [0.15, 0.2) is 60.0 Å². The van der Waals surface area contributed by atoms with Crippen molar-refractivity contribution in [3.8, 4) is 10.6 Å². The Balaban J connectivity index is 1.71. The summed E-state index contributed by atoms with van der Waals surface area (Å²) in [5, 5.41) is 6.02. The van der Waals surface area contributed by atoms with Crippen molar-refractivity contribution >= 4 is 22.1 Å². The van der Waals surface area contributed by atoms with Crippen LogP contribution in [0.2, 0.25) is 0 Å². The molecule has 0 radical (unpaired) electrons. The Hall–Kier alpha value is -1.89. The van der Waals surface area contributed by atoms with Gasteiger partial charge in [-0.2, -0.15) is 0 Å². The van der Waals surface area contributed by atoms with Crippen LogP contribution in [0, 0.1) is 5.82 Å². The molecule has 1 heterocycles. The first-order chi connectivity index (χ1) is 12.1. The summed E-state index contributed by atoms with van der Waals surface area (Å²) in [6.45, 7) is 0.543. The molecule has 1 aromatic heterocycles. The number of rotatable bonds is 7. The number of nitrogens with one attached hydrogen (secondary N) is 1. The lowest BCUT2D eigenvalue weighted by molar-refractivity contribution is 0.569. The van der Waals surface area contributed by atoms with E-state index < -0.39 is 10.8 Å². The zero-order chi connectivity index (χ0) is 17.6. The van der Waals surface area contributed by atoms with E-state index in [1.807, 2.05) is 35.7 Å². The molecule has 0 aliphatic heterocycles. The van der Waals surface area contributed by atoms with Gasteiger partial charge in [-0.3, -0.25) is 4.21 Å². The van der Waals surface area contributed by atoms with Gasteiger partial charge in [0.05, 0.1) is 5.69 Å². The minimum absolute atomic E-state index is 0.00866. The van der Waals surface area contributed by atoms with Crippen molar-refractivity contribution in [1.82, 2.24) is 10.3 Å². The number of halogens is 1. The van der Waals surface area contributed by atoms with Crippen molar-refractivity contribution in [3.05, 3.63) is 77.1 Å². The molecule has 130 valence electrons. The molecule has 0 aliphatic carbocycles. The third-order valence-electron chi connectivity index (χ3n) is 3.79. The van der Waals surface area contributed by atoms with Crippen molar-refractivity contribution in [3.63, 3.8) is 0 Å². The number of thiazole rings is 1. The van der Waals surface area contributed by atoms with Crippen LogP contribution in [0.1, 0.15) is 17.3 Å². The van der Waals surface area contributed by atoms with Gasteiger partial charge in [-0.15, -0.1) is 11.3 Å². The smallest absolute Gasteiger partial charge is 0.133 e. The van der Waals surface area contributed by atoms with E-state index in [1.54, 1.807) is 24.5 Å². The van der Waals surface area contributed by atoms with Gasteiger partial charge in [0.25, 0.3) is 0 Å². The molecular weight excluding hydrogens is 355 g/mol. The maximum absolute atomic E-state index is 13.9. The number of nitrogens with zero attached hydrogens (tertiary/aromatic N) is 1. The number of hydrogen-bond donors (Lipinski definition) is 1. The monoisotopic (exact) mass is 374 g/mol. The molecule has 1 N–H and O–H groups in total. The second-order valence-electron chi connectivity index (χ2n) is 5.71. The van der Waals surface area contributed by atoms with E-state index in [1.165, 1.54) is 17.4 Å². The van der Waals surface area contributed by atoms with E-state index in [9.17, 15) is 8.60 Å². The lowest BCUT2D eigenvalue weighted by Gasteiger charge is -2.17. The molecule has 3 rings (SSSR count). The van der Waals surface area contributed by atoms with E-state index in [4.69, 9.17) is 0 Å². The average molecular weight is 375 g/mol. The molecule has 0 unspecified atom stereocenters. The van der Waals surface area contributed by atoms with E-state index in [0.717, 1.165) is 11.3 Å². The minimum Gasteiger partial charge on any atom is -0.303 e. The molecule has 0 spiro atoms. The fraction of sp³-hybridized carbons (Fsp3) is 0.211. The topological polar surface area (TPSA) is 42.0 Å². The summed E-state index contributed by atoms with van der Waals surface area (Å²) in [7, 11) is -0.911. The van der Waals surface area contributed by atoms with E-state index in [2.05, 4.69) is 10.3 Å². The van der Waals surface area contributed by atoms with Crippen LogP contribution in [-0.2, 0) is 17.3 Å². The van der Waals surface area contributed by atoms with Crippen molar-refractivity contribution in [1.29, 1.82) is 0 Å². The molecule has 0 aliphatic rings. The zero-order valence-electron chi connectivity index (χ0n) is 13.8. The summed E-state index contributed by atoms with van der Waals surface area (Å²) in [6.07, 6.45) is 1.71. The molecule has 0 bridgehead atoms. The predicted molar refractivity (Wildman–Crippen MR) is 102 cm³/mol. The standard InChI is InChI=1S/C19H19FN2OS2/c1-25(23)13-18(14-7-3-2-4-8-14)21-11-15-12-24-19(22-15)16-9-5-6-10-17(16)20/h2-10,12,18,21H,11,13H2,1H3/t18-,25+/m1/s1. The molecule has 25 heavy (non-hydrogen) atoms. The van der Waals surface area contributed by atoms with Crippen molar-refractivity contribution in [2.75, 3.05) is 12.0 Å². The van der Waals surface area contributed by atoms with Gasteiger partial charge in [-0.1, -0.05) is 42.5 Å². The van der Waals surface area contributed by atoms with Gasteiger partial charge < -0.3 is 5.32 Å². The predicted octanol–water partition coefficient (Wildman–Crippen LogP) is 4.16. The lowest BCUT2D eigenvalue weighted by Crippen LogP contribution is -2.25. The maximum atomic E-state index is 13.9. The zero-order valence-corrected chi connectivity index (χ0v) is 15.4. The Labute approximate surface area is 153 Å². The number of benzene rings is 2. The maximum Gasteiger partial charge on any atom is 0.133 e. The summed E-state index contributed by atoms with van der Waals surface area (Å²) < 4.78 is 25.6. The SMILES string of the molecule is C[S@](=O)C[C@@H](NCc1csc(-c2ccccc2F)n1)c1ccccc1. The quantitative estimate of drug-likeness (QED) is 0.675. The second-order valence-corrected chi connectivity index (χ2v) is 8.05. The van der Waals surface area contributed by atoms with Crippen molar-refractivity contribution < 1.29 is 8.60 Å². The Kier molecular flexibility index (Phi) is 6.07. The van der Waals surface area contributed by atoms with Crippen LogP contribution < -0.4 is 5.32 Å². The van der Waals surface area contributed by atoms with E-state index in [0.29, 0.717) is 22.9 Å².